The van der Waals surface area contributed by atoms with Gasteiger partial charge in [0.25, 0.3) is 5.56 Å². The number of hydrogen-bond donors (Lipinski definition) is 2. The van der Waals surface area contributed by atoms with Crippen molar-refractivity contribution in [3.63, 3.8) is 0 Å². The van der Waals surface area contributed by atoms with Crippen LogP contribution in [0.5, 0.6) is 0 Å². The number of aryl methyl sites for hydroxylation is 1. The lowest BCUT2D eigenvalue weighted by Gasteiger charge is -2.33. The Bertz CT molecular complexity index is 1250. The molecule has 0 bridgehead atoms. The van der Waals surface area contributed by atoms with Gasteiger partial charge in [0.15, 0.2) is 11.5 Å². The summed E-state index contributed by atoms with van der Waals surface area (Å²) in [5.74, 6) is -0.0842. The first kappa shape index (κ1) is 24.2. The molecule has 10 nitrogen and oxygen atoms in total. The highest BCUT2D eigenvalue weighted by atomic mass is 16.5. The van der Waals surface area contributed by atoms with Crippen LogP contribution in [0.2, 0.25) is 0 Å². The monoisotopic (exact) mass is 478 g/mol. The Hall–Kier alpha value is -3.95. The number of ether oxygens (including phenoxy) is 1. The highest BCUT2D eigenvalue weighted by Gasteiger charge is 2.25. The van der Waals surface area contributed by atoms with Gasteiger partial charge in [-0.25, -0.2) is 14.8 Å². The minimum atomic E-state index is -0.476. The molecule has 0 radical (unpaired) electrons. The van der Waals surface area contributed by atoms with Crippen LogP contribution in [0.25, 0.3) is 11.2 Å². The van der Waals surface area contributed by atoms with Crippen molar-refractivity contribution < 1.29 is 14.3 Å². The Balaban J connectivity index is 1.46. The first-order chi connectivity index (χ1) is 16.9. The zero-order chi connectivity index (χ0) is 24.8. The summed E-state index contributed by atoms with van der Waals surface area (Å²) in [6.07, 6.45) is 2.97. The number of esters is 1. The van der Waals surface area contributed by atoms with E-state index in [4.69, 9.17) is 4.74 Å². The molecule has 1 saturated heterocycles. The molecule has 1 fully saturated rings. The summed E-state index contributed by atoms with van der Waals surface area (Å²) in [7, 11) is 0. The van der Waals surface area contributed by atoms with Crippen LogP contribution in [-0.2, 0) is 16.1 Å². The molecule has 0 unspecified atom stereocenters. The van der Waals surface area contributed by atoms with Crippen molar-refractivity contribution in [1.29, 1.82) is 0 Å². The van der Waals surface area contributed by atoms with Crippen molar-refractivity contribution in [2.45, 2.75) is 39.3 Å². The number of amides is 2. The summed E-state index contributed by atoms with van der Waals surface area (Å²) in [6, 6.07) is 11.3. The van der Waals surface area contributed by atoms with E-state index < -0.39 is 12.0 Å². The van der Waals surface area contributed by atoms with Crippen molar-refractivity contribution in [1.82, 2.24) is 25.2 Å². The largest absolute Gasteiger partial charge is 0.465 e. The van der Waals surface area contributed by atoms with Crippen LogP contribution in [0.15, 0.2) is 47.4 Å². The molecule has 2 amide bonds. The molecule has 35 heavy (non-hydrogen) atoms. The maximum atomic E-state index is 13.5. The number of pyridine rings is 1. The maximum absolute atomic E-state index is 13.5. The molecule has 184 valence electrons. The van der Waals surface area contributed by atoms with Gasteiger partial charge in [-0.3, -0.25) is 14.2 Å². The summed E-state index contributed by atoms with van der Waals surface area (Å²) in [4.78, 5) is 48.0. The van der Waals surface area contributed by atoms with E-state index in [1.165, 1.54) is 0 Å². The van der Waals surface area contributed by atoms with Crippen molar-refractivity contribution in [2.24, 2.45) is 0 Å². The predicted octanol–water partition coefficient (Wildman–Crippen LogP) is 1.98. The van der Waals surface area contributed by atoms with Gasteiger partial charge in [-0.1, -0.05) is 29.8 Å². The van der Waals surface area contributed by atoms with Crippen molar-refractivity contribution >= 4 is 29.0 Å². The second kappa shape index (κ2) is 11.0. The normalized spacial score (nSPS) is 14.1. The Morgan fingerprint density at radius 1 is 1.14 bits per heavy atom. The number of carbonyl (C=O) groups is 2. The lowest BCUT2D eigenvalue weighted by molar-refractivity contribution is -0.141. The van der Waals surface area contributed by atoms with Gasteiger partial charge in [0, 0.05) is 25.3 Å². The third-order valence-electron chi connectivity index (χ3n) is 5.97. The zero-order valence-corrected chi connectivity index (χ0v) is 20.0. The number of nitrogens with zero attached hydrogens (tertiary/aromatic N) is 4. The standard InChI is InChI=1S/C25H30N6O4/c1-3-35-21(32)15-27-25(34)28-19-10-13-30(14-11-19)23-24(33)31(16-18-8-6-17(2)7-9-18)22-20(29-23)5-4-12-26-22/h4-9,12,19H,3,10-11,13-16H2,1-2H3,(H2,27,28,34). The van der Waals surface area contributed by atoms with E-state index in [2.05, 4.69) is 20.6 Å². The number of fused-ring (bicyclic) bond motifs is 1. The van der Waals surface area contributed by atoms with Crippen LogP contribution in [-0.4, -0.2) is 58.8 Å². The average molecular weight is 479 g/mol. The third kappa shape index (κ3) is 5.95. The average Bonchev–Trinajstić information content (AvgIpc) is 2.86. The number of aromatic nitrogens is 3. The summed E-state index contributed by atoms with van der Waals surface area (Å²) in [5.41, 5.74) is 3.20. The number of nitrogens with one attached hydrogen (secondary N) is 2. The Morgan fingerprint density at radius 2 is 1.89 bits per heavy atom. The van der Waals surface area contributed by atoms with E-state index in [9.17, 15) is 14.4 Å². The van der Waals surface area contributed by atoms with Gasteiger partial charge >= 0.3 is 12.0 Å². The van der Waals surface area contributed by atoms with Crippen LogP contribution in [0, 0.1) is 6.92 Å². The number of piperidine rings is 1. The van der Waals surface area contributed by atoms with Gasteiger partial charge in [-0.15, -0.1) is 0 Å². The van der Waals surface area contributed by atoms with Crippen molar-refractivity contribution in [3.8, 4) is 0 Å². The summed E-state index contributed by atoms with van der Waals surface area (Å²) >= 11 is 0. The van der Waals surface area contributed by atoms with Gasteiger partial charge in [-0.05, 0) is 44.4 Å². The smallest absolute Gasteiger partial charge is 0.325 e. The highest BCUT2D eigenvalue weighted by molar-refractivity contribution is 5.81. The summed E-state index contributed by atoms with van der Waals surface area (Å²) in [6.45, 7) is 5.38. The molecule has 0 aliphatic carbocycles. The quantitative estimate of drug-likeness (QED) is 0.499. The van der Waals surface area contributed by atoms with Crippen LogP contribution in [0.3, 0.4) is 0 Å². The van der Waals surface area contributed by atoms with Gasteiger partial charge in [-0.2, -0.15) is 0 Å². The maximum Gasteiger partial charge on any atom is 0.325 e. The molecule has 0 saturated carbocycles. The minimum Gasteiger partial charge on any atom is -0.465 e. The van der Waals surface area contributed by atoms with Crippen molar-refractivity contribution in [2.75, 3.05) is 31.1 Å². The molecule has 0 spiro atoms. The number of benzene rings is 1. The van der Waals surface area contributed by atoms with Gasteiger partial charge in [0.1, 0.15) is 12.1 Å². The first-order valence-electron chi connectivity index (χ1n) is 11.8. The van der Waals surface area contributed by atoms with E-state index in [1.54, 1.807) is 17.7 Å². The lowest BCUT2D eigenvalue weighted by Crippen LogP contribution is -2.49. The fourth-order valence-corrected chi connectivity index (χ4v) is 4.13. The lowest BCUT2D eigenvalue weighted by atomic mass is 10.1. The number of hydrogen-bond acceptors (Lipinski definition) is 7. The summed E-state index contributed by atoms with van der Waals surface area (Å²) < 4.78 is 6.48. The third-order valence-corrected chi connectivity index (χ3v) is 5.97. The Morgan fingerprint density at radius 3 is 2.60 bits per heavy atom. The summed E-state index contributed by atoms with van der Waals surface area (Å²) in [5, 5.41) is 5.39. The topological polar surface area (TPSA) is 118 Å². The molecule has 10 heteroatoms. The molecule has 0 atom stereocenters. The first-order valence-corrected chi connectivity index (χ1v) is 11.8. The second-order valence-corrected chi connectivity index (χ2v) is 8.55. The van der Waals surface area contributed by atoms with E-state index >= 15 is 0 Å². The van der Waals surface area contributed by atoms with Crippen LogP contribution < -0.4 is 21.1 Å². The number of anilines is 1. The molecule has 2 aromatic heterocycles. The van der Waals surface area contributed by atoms with Crippen LogP contribution >= 0.6 is 0 Å². The molecular weight excluding hydrogens is 448 g/mol. The molecule has 4 rings (SSSR count). The molecule has 2 N–H and O–H groups in total. The predicted molar refractivity (Wildman–Crippen MR) is 132 cm³/mol. The molecule has 3 heterocycles. The zero-order valence-electron chi connectivity index (χ0n) is 20.0. The number of carbonyl (C=O) groups excluding carboxylic acids is 2. The fourth-order valence-electron chi connectivity index (χ4n) is 4.13. The van der Waals surface area contributed by atoms with E-state index in [0.29, 0.717) is 49.5 Å². The van der Waals surface area contributed by atoms with Gasteiger partial charge in [0.05, 0.1) is 13.2 Å². The Kier molecular flexibility index (Phi) is 7.59. The van der Waals surface area contributed by atoms with Gasteiger partial charge < -0.3 is 20.3 Å². The SMILES string of the molecule is CCOC(=O)CNC(=O)NC1CCN(c2nc3cccnc3n(Cc3ccc(C)cc3)c2=O)CC1. The minimum absolute atomic E-state index is 0.0645. The molecular formula is C25H30N6O4. The molecule has 1 aliphatic heterocycles. The van der Waals surface area contributed by atoms with Crippen LogP contribution in [0.1, 0.15) is 30.9 Å². The highest BCUT2D eigenvalue weighted by Crippen LogP contribution is 2.19. The van der Waals surface area contributed by atoms with E-state index in [1.807, 2.05) is 48.2 Å². The number of rotatable bonds is 7. The van der Waals surface area contributed by atoms with Gasteiger partial charge in [0.2, 0.25) is 0 Å². The number of urea groups is 1. The molecule has 1 aliphatic rings. The Labute approximate surface area is 203 Å². The molecule has 1 aromatic carbocycles. The van der Waals surface area contributed by atoms with E-state index in [0.717, 1.165) is 11.1 Å². The second-order valence-electron chi connectivity index (χ2n) is 8.55. The fraction of sp³-hybridized carbons (Fsp3) is 0.400. The molecule has 3 aromatic rings. The van der Waals surface area contributed by atoms with E-state index in [-0.39, 0.29) is 24.8 Å². The van der Waals surface area contributed by atoms with Crippen LogP contribution in [0.4, 0.5) is 10.6 Å². The van der Waals surface area contributed by atoms with Crippen molar-refractivity contribution in [3.05, 3.63) is 64.1 Å².